The molecule has 0 amide bonds. The van der Waals surface area contributed by atoms with Gasteiger partial charge in [0.15, 0.2) is 0 Å². The maximum atomic E-state index is 4.39. The average Bonchev–Trinajstić information content (AvgIpc) is 3.46. The molecule has 0 aliphatic rings. The second kappa shape index (κ2) is 7.42. The third-order valence-corrected chi connectivity index (χ3v) is 6.29. The van der Waals surface area contributed by atoms with Crippen LogP contribution in [0.25, 0.3) is 42.3 Å². The molecule has 2 aromatic heterocycles. The van der Waals surface area contributed by atoms with E-state index in [-0.39, 0.29) is 0 Å². The number of hydrogen-bond donors (Lipinski definition) is 0. The van der Waals surface area contributed by atoms with Gasteiger partial charge >= 0.3 is 0 Å². The van der Waals surface area contributed by atoms with Crippen LogP contribution in [0.5, 0.6) is 0 Å². The van der Waals surface area contributed by atoms with E-state index in [1.54, 1.807) is 22.7 Å². The van der Waals surface area contributed by atoms with Gasteiger partial charge in [-0.1, -0.05) is 102 Å². The molecular formula is C22H14N4S2. The third-order valence-electron chi connectivity index (χ3n) is 4.25. The van der Waals surface area contributed by atoms with E-state index >= 15 is 0 Å². The fourth-order valence-electron chi connectivity index (χ4n) is 2.86. The topological polar surface area (TPSA) is 51.6 Å². The summed E-state index contributed by atoms with van der Waals surface area (Å²) in [5.74, 6) is 0. The molecule has 0 fully saturated rings. The van der Waals surface area contributed by atoms with E-state index in [9.17, 15) is 0 Å². The molecule has 0 radical (unpaired) electrons. The summed E-state index contributed by atoms with van der Waals surface area (Å²) in [6.45, 7) is 0. The predicted octanol–water partition coefficient (Wildman–Crippen LogP) is 6.06. The Morgan fingerprint density at radius 1 is 0.393 bits per heavy atom. The second-order valence-corrected chi connectivity index (χ2v) is 8.09. The molecule has 0 aliphatic carbocycles. The van der Waals surface area contributed by atoms with Gasteiger partial charge in [-0.05, 0) is 6.07 Å². The van der Waals surface area contributed by atoms with Gasteiger partial charge in [0.25, 0.3) is 0 Å². The van der Waals surface area contributed by atoms with E-state index in [2.05, 4.69) is 38.6 Å². The van der Waals surface area contributed by atoms with E-state index in [1.165, 1.54) is 0 Å². The standard InChI is InChI=1S/C22H14N4S2/c1-3-8-15(9-4-1)19-23-25-21(27-19)17-12-7-13-18(14-17)22-26-24-20(28-22)16-10-5-2-6-11-16/h1-14H. The Morgan fingerprint density at radius 3 is 1.18 bits per heavy atom. The van der Waals surface area contributed by atoms with Crippen molar-refractivity contribution >= 4 is 22.7 Å². The highest BCUT2D eigenvalue weighted by molar-refractivity contribution is 7.18. The first-order valence-electron chi connectivity index (χ1n) is 8.75. The molecule has 3 aromatic carbocycles. The highest BCUT2D eigenvalue weighted by Gasteiger charge is 2.12. The molecule has 5 aromatic rings. The van der Waals surface area contributed by atoms with Crippen LogP contribution in [0.1, 0.15) is 0 Å². The smallest absolute Gasteiger partial charge is 0.138 e. The number of aromatic nitrogens is 4. The van der Waals surface area contributed by atoms with Crippen molar-refractivity contribution in [2.24, 2.45) is 0 Å². The number of benzene rings is 3. The van der Waals surface area contributed by atoms with E-state index in [1.807, 2.05) is 66.7 Å². The van der Waals surface area contributed by atoms with Gasteiger partial charge < -0.3 is 0 Å². The van der Waals surface area contributed by atoms with Crippen LogP contribution in [-0.4, -0.2) is 20.4 Å². The van der Waals surface area contributed by atoms with Gasteiger partial charge in [0.2, 0.25) is 0 Å². The molecule has 0 unspecified atom stereocenters. The highest BCUT2D eigenvalue weighted by atomic mass is 32.1. The van der Waals surface area contributed by atoms with Crippen LogP contribution in [0, 0.1) is 0 Å². The van der Waals surface area contributed by atoms with Crippen LogP contribution in [0.15, 0.2) is 84.9 Å². The van der Waals surface area contributed by atoms with Crippen LogP contribution >= 0.6 is 22.7 Å². The summed E-state index contributed by atoms with van der Waals surface area (Å²) < 4.78 is 0. The molecule has 0 spiro atoms. The van der Waals surface area contributed by atoms with Gasteiger partial charge in [-0.3, -0.25) is 0 Å². The Kier molecular flexibility index (Phi) is 4.48. The lowest BCUT2D eigenvalue weighted by Crippen LogP contribution is -1.81. The molecule has 134 valence electrons. The summed E-state index contributed by atoms with van der Waals surface area (Å²) in [6.07, 6.45) is 0. The molecule has 0 saturated heterocycles. The predicted molar refractivity (Wildman–Crippen MR) is 115 cm³/mol. The van der Waals surface area contributed by atoms with Crippen molar-refractivity contribution in [3.05, 3.63) is 84.9 Å². The van der Waals surface area contributed by atoms with Gasteiger partial charge in [-0.25, -0.2) is 0 Å². The molecule has 2 heterocycles. The van der Waals surface area contributed by atoms with Gasteiger partial charge in [-0.15, -0.1) is 20.4 Å². The quantitative estimate of drug-likeness (QED) is 0.369. The van der Waals surface area contributed by atoms with Crippen molar-refractivity contribution in [3.63, 3.8) is 0 Å². The molecule has 5 rings (SSSR count). The Morgan fingerprint density at radius 2 is 0.750 bits per heavy atom. The van der Waals surface area contributed by atoms with Crippen molar-refractivity contribution in [2.75, 3.05) is 0 Å². The van der Waals surface area contributed by atoms with Gasteiger partial charge in [0.1, 0.15) is 20.0 Å². The largest absolute Gasteiger partial charge is 0.148 e. The lowest BCUT2D eigenvalue weighted by molar-refractivity contribution is 1.10. The second-order valence-electron chi connectivity index (χ2n) is 6.14. The Hall–Kier alpha value is -3.22. The lowest BCUT2D eigenvalue weighted by atomic mass is 10.1. The lowest BCUT2D eigenvalue weighted by Gasteiger charge is -1.99. The molecule has 0 atom stereocenters. The minimum Gasteiger partial charge on any atom is -0.138 e. The van der Waals surface area contributed by atoms with E-state index in [0.717, 1.165) is 42.3 Å². The SMILES string of the molecule is c1ccc(-c2nnc(-c3cccc(-c4nnc(-c5ccccc5)s4)c3)s2)cc1. The first-order valence-corrected chi connectivity index (χ1v) is 10.4. The summed E-state index contributed by atoms with van der Waals surface area (Å²) in [6, 6.07) is 28.5. The summed E-state index contributed by atoms with van der Waals surface area (Å²) in [5.41, 5.74) is 4.24. The van der Waals surface area contributed by atoms with Crippen LogP contribution in [0.2, 0.25) is 0 Å². The summed E-state index contributed by atoms with van der Waals surface area (Å²) in [5, 5.41) is 21.1. The van der Waals surface area contributed by atoms with E-state index in [4.69, 9.17) is 0 Å². The Balaban J connectivity index is 1.46. The summed E-state index contributed by atoms with van der Waals surface area (Å²) in [4.78, 5) is 0. The maximum Gasteiger partial charge on any atom is 0.148 e. The van der Waals surface area contributed by atoms with Crippen LogP contribution < -0.4 is 0 Å². The Labute approximate surface area is 170 Å². The van der Waals surface area contributed by atoms with Crippen LogP contribution in [0.4, 0.5) is 0 Å². The fraction of sp³-hybridized carbons (Fsp3) is 0. The average molecular weight is 399 g/mol. The van der Waals surface area contributed by atoms with Crippen molar-refractivity contribution < 1.29 is 0 Å². The normalized spacial score (nSPS) is 10.9. The number of nitrogens with zero attached hydrogens (tertiary/aromatic N) is 4. The molecule has 28 heavy (non-hydrogen) atoms. The van der Waals surface area contributed by atoms with Gasteiger partial charge in [0.05, 0.1) is 0 Å². The Bertz CT molecular complexity index is 1120. The van der Waals surface area contributed by atoms with Gasteiger partial charge in [-0.2, -0.15) is 0 Å². The van der Waals surface area contributed by atoms with Crippen LogP contribution in [0.3, 0.4) is 0 Å². The van der Waals surface area contributed by atoms with E-state index < -0.39 is 0 Å². The first kappa shape index (κ1) is 16.9. The van der Waals surface area contributed by atoms with Gasteiger partial charge in [0, 0.05) is 22.3 Å². The monoisotopic (exact) mass is 398 g/mol. The molecule has 6 heteroatoms. The van der Waals surface area contributed by atoms with Crippen molar-refractivity contribution in [2.45, 2.75) is 0 Å². The zero-order chi connectivity index (χ0) is 18.8. The maximum absolute atomic E-state index is 4.39. The van der Waals surface area contributed by atoms with E-state index in [0.29, 0.717) is 0 Å². The van der Waals surface area contributed by atoms with Crippen LogP contribution in [-0.2, 0) is 0 Å². The molecule has 0 bridgehead atoms. The molecule has 0 saturated carbocycles. The van der Waals surface area contributed by atoms with Crippen molar-refractivity contribution in [1.29, 1.82) is 0 Å². The van der Waals surface area contributed by atoms with Crippen molar-refractivity contribution in [3.8, 4) is 42.3 Å². The first-order chi connectivity index (χ1) is 13.9. The fourth-order valence-corrected chi connectivity index (χ4v) is 4.55. The molecular weight excluding hydrogens is 384 g/mol. The van der Waals surface area contributed by atoms with Crippen molar-refractivity contribution in [1.82, 2.24) is 20.4 Å². The third kappa shape index (κ3) is 3.35. The molecule has 0 aliphatic heterocycles. The molecule has 0 N–H and O–H groups in total. The number of rotatable bonds is 4. The summed E-state index contributed by atoms with van der Waals surface area (Å²) in [7, 11) is 0. The zero-order valence-electron chi connectivity index (χ0n) is 14.7. The minimum absolute atomic E-state index is 0.897. The highest BCUT2D eigenvalue weighted by Crippen LogP contribution is 2.34. The summed E-state index contributed by atoms with van der Waals surface area (Å²) >= 11 is 3.18. The molecule has 4 nitrogen and oxygen atoms in total. The minimum atomic E-state index is 0.897. The number of hydrogen-bond acceptors (Lipinski definition) is 6. The zero-order valence-corrected chi connectivity index (χ0v) is 16.3.